The number of nitrogens with one attached hydrogen (secondary N) is 1. The normalized spacial score (nSPS) is 13.4. The second kappa shape index (κ2) is 5.06. The van der Waals surface area contributed by atoms with E-state index in [9.17, 15) is 0 Å². The molecule has 0 saturated heterocycles. The minimum Gasteiger partial charge on any atom is -0.489 e. The first-order valence-corrected chi connectivity index (χ1v) is 6.68. The van der Waals surface area contributed by atoms with E-state index < -0.39 is 0 Å². The zero-order valence-electron chi connectivity index (χ0n) is 10.4. The van der Waals surface area contributed by atoms with E-state index in [2.05, 4.69) is 0 Å². The van der Waals surface area contributed by atoms with E-state index in [1.165, 1.54) is 5.56 Å². The van der Waals surface area contributed by atoms with Crippen molar-refractivity contribution in [1.82, 2.24) is 0 Å². The van der Waals surface area contributed by atoms with Crippen molar-refractivity contribution in [2.45, 2.75) is 19.4 Å². The molecule has 3 rings (SSSR count). The van der Waals surface area contributed by atoms with E-state index in [0.29, 0.717) is 6.61 Å². The summed E-state index contributed by atoms with van der Waals surface area (Å²) in [4.78, 5) is 0. The Kier molecular flexibility index (Phi) is 3.26. The van der Waals surface area contributed by atoms with Gasteiger partial charge in [0.15, 0.2) is 0 Å². The van der Waals surface area contributed by atoms with Gasteiger partial charge in [0.25, 0.3) is 0 Å². The molecule has 0 aromatic heterocycles. The molecule has 96 valence electrons. The molecule has 0 saturated carbocycles. The summed E-state index contributed by atoms with van der Waals surface area (Å²) >= 11 is 5.94. The van der Waals surface area contributed by atoms with Gasteiger partial charge in [0.05, 0.1) is 0 Å². The predicted octanol–water partition coefficient (Wildman–Crippen LogP) is 4.23. The van der Waals surface area contributed by atoms with Crippen molar-refractivity contribution in [3.05, 3.63) is 64.2 Å². The largest absolute Gasteiger partial charge is 0.489 e. The fourth-order valence-corrected chi connectivity index (χ4v) is 2.56. The van der Waals surface area contributed by atoms with Crippen LogP contribution in [0.5, 0.6) is 5.75 Å². The number of hydrogen-bond acceptors (Lipinski definition) is 2. The molecule has 2 nitrogen and oxygen atoms in total. The lowest BCUT2D eigenvalue weighted by Crippen LogP contribution is -1.97. The van der Waals surface area contributed by atoms with Gasteiger partial charge in [-0.2, -0.15) is 0 Å². The molecule has 19 heavy (non-hydrogen) atoms. The smallest absolute Gasteiger partial charge is 0.120 e. The minimum atomic E-state index is 0.511. The molecule has 0 fully saturated rings. The SMILES string of the molecule is N=C1CCc2cc(OCc3cccc(Cl)c3)ccc21. The summed E-state index contributed by atoms with van der Waals surface area (Å²) in [5.74, 6) is 0.855. The highest BCUT2D eigenvalue weighted by Gasteiger charge is 2.16. The highest BCUT2D eigenvalue weighted by atomic mass is 35.5. The maximum absolute atomic E-state index is 7.81. The molecule has 0 amide bonds. The van der Waals surface area contributed by atoms with Crippen LogP contribution < -0.4 is 4.74 Å². The first-order chi connectivity index (χ1) is 9.22. The lowest BCUT2D eigenvalue weighted by atomic mass is 10.1. The Morgan fingerprint density at radius 3 is 2.84 bits per heavy atom. The second-order valence-corrected chi connectivity index (χ2v) is 5.15. The third-order valence-electron chi connectivity index (χ3n) is 3.34. The number of ether oxygens (including phenoxy) is 1. The van der Waals surface area contributed by atoms with Crippen molar-refractivity contribution in [3.8, 4) is 5.75 Å². The molecular weight excluding hydrogens is 258 g/mol. The fraction of sp³-hybridized carbons (Fsp3) is 0.188. The molecule has 0 atom stereocenters. The average molecular weight is 272 g/mol. The lowest BCUT2D eigenvalue weighted by molar-refractivity contribution is 0.306. The number of aryl methyl sites for hydroxylation is 1. The van der Waals surface area contributed by atoms with Crippen LogP contribution in [-0.4, -0.2) is 5.71 Å². The summed E-state index contributed by atoms with van der Waals surface area (Å²) in [6.45, 7) is 0.511. The Hall–Kier alpha value is -1.80. The number of hydrogen-bond donors (Lipinski definition) is 1. The van der Waals surface area contributed by atoms with Crippen LogP contribution in [0.4, 0.5) is 0 Å². The van der Waals surface area contributed by atoms with Crippen LogP contribution >= 0.6 is 11.6 Å². The Morgan fingerprint density at radius 1 is 1.11 bits per heavy atom. The molecular formula is C16H14ClNO. The molecule has 0 radical (unpaired) electrons. The van der Waals surface area contributed by atoms with Crippen LogP contribution in [0.3, 0.4) is 0 Å². The molecule has 0 heterocycles. The molecule has 1 N–H and O–H groups in total. The van der Waals surface area contributed by atoms with E-state index in [-0.39, 0.29) is 0 Å². The molecule has 0 aliphatic heterocycles. The standard InChI is InChI=1S/C16H14ClNO/c17-13-3-1-2-11(8-13)10-19-14-5-6-15-12(9-14)4-7-16(15)18/h1-3,5-6,8-9,18H,4,7,10H2. The zero-order valence-corrected chi connectivity index (χ0v) is 11.2. The third-order valence-corrected chi connectivity index (χ3v) is 3.58. The van der Waals surface area contributed by atoms with E-state index >= 15 is 0 Å². The van der Waals surface area contributed by atoms with Crippen molar-refractivity contribution in [3.63, 3.8) is 0 Å². The van der Waals surface area contributed by atoms with E-state index in [4.69, 9.17) is 21.7 Å². The highest BCUT2D eigenvalue weighted by molar-refractivity contribution is 6.30. The van der Waals surface area contributed by atoms with Crippen LogP contribution in [0, 0.1) is 5.41 Å². The molecule has 1 aliphatic rings. The van der Waals surface area contributed by atoms with Crippen LogP contribution in [-0.2, 0) is 13.0 Å². The van der Waals surface area contributed by atoms with E-state index in [1.807, 2.05) is 42.5 Å². The molecule has 3 heteroatoms. The first kappa shape index (κ1) is 12.2. The van der Waals surface area contributed by atoms with Gasteiger partial charge in [-0.3, -0.25) is 0 Å². The average Bonchev–Trinajstić information content (AvgIpc) is 2.78. The molecule has 2 aromatic carbocycles. The molecule has 0 spiro atoms. The van der Waals surface area contributed by atoms with Crippen LogP contribution in [0.15, 0.2) is 42.5 Å². The number of rotatable bonds is 3. The van der Waals surface area contributed by atoms with Gasteiger partial charge in [0, 0.05) is 10.7 Å². The fourth-order valence-electron chi connectivity index (χ4n) is 2.35. The molecule has 2 aromatic rings. The minimum absolute atomic E-state index is 0.511. The lowest BCUT2D eigenvalue weighted by Gasteiger charge is -2.08. The van der Waals surface area contributed by atoms with Gasteiger partial charge in [0.1, 0.15) is 12.4 Å². The van der Waals surface area contributed by atoms with Crippen molar-refractivity contribution in [1.29, 1.82) is 5.41 Å². The Labute approximate surface area is 117 Å². The summed E-state index contributed by atoms with van der Waals surface area (Å²) < 4.78 is 5.78. The quantitative estimate of drug-likeness (QED) is 0.890. The number of halogens is 1. The highest BCUT2D eigenvalue weighted by Crippen LogP contribution is 2.26. The Bertz CT molecular complexity index is 636. The van der Waals surface area contributed by atoms with Gasteiger partial charge < -0.3 is 10.1 Å². The summed E-state index contributed by atoms with van der Waals surface area (Å²) in [5.41, 5.74) is 4.07. The van der Waals surface area contributed by atoms with E-state index in [1.54, 1.807) is 0 Å². The van der Waals surface area contributed by atoms with Gasteiger partial charge in [-0.15, -0.1) is 0 Å². The van der Waals surface area contributed by atoms with Crippen LogP contribution in [0.1, 0.15) is 23.1 Å². The summed E-state index contributed by atoms with van der Waals surface area (Å²) in [6.07, 6.45) is 1.79. The number of fused-ring (bicyclic) bond motifs is 1. The van der Waals surface area contributed by atoms with Crippen molar-refractivity contribution >= 4 is 17.3 Å². The van der Waals surface area contributed by atoms with Crippen molar-refractivity contribution in [2.24, 2.45) is 0 Å². The first-order valence-electron chi connectivity index (χ1n) is 6.30. The topological polar surface area (TPSA) is 33.1 Å². The molecule has 0 unspecified atom stereocenters. The number of benzene rings is 2. The van der Waals surface area contributed by atoms with Gasteiger partial charge in [-0.25, -0.2) is 0 Å². The van der Waals surface area contributed by atoms with Gasteiger partial charge in [-0.1, -0.05) is 23.7 Å². The van der Waals surface area contributed by atoms with Crippen molar-refractivity contribution in [2.75, 3.05) is 0 Å². The zero-order chi connectivity index (χ0) is 13.2. The van der Waals surface area contributed by atoms with Crippen LogP contribution in [0.2, 0.25) is 5.02 Å². The van der Waals surface area contributed by atoms with Gasteiger partial charge in [0.2, 0.25) is 0 Å². The summed E-state index contributed by atoms with van der Waals surface area (Å²) in [5, 5.41) is 8.53. The summed E-state index contributed by atoms with van der Waals surface area (Å²) in [6, 6.07) is 13.6. The van der Waals surface area contributed by atoms with Gasteiger partial charge >= 0.3 is 0 Å². The third kappa shape index (κ3) is 2.64. The van der Waals surface area contributed by atoms with Crippen molar-refractivity contribution < 1.29 is 4.74 Å². The maximum atomic E-state index is 7.81. The maximum Gasteiger partial charge on any atom is 0.120 e. The van der Waals surface area contributed by atoms with E-state index in [0.717, 1.165) is 40.5 Å². The Balaban J connectivity index is 1.73. The monoisotopic (exact) mass is 271 g/mol. The second-order valence-electron chi connectivity index (χ2n) is 4.72. The van der Waals surface area contributed by atoms with Crippen LogP contribution in [0.25, 0.3) is 0 Å². The Morgan fingerprint density at radius 2 is 2.00 bits per heavy atom. The van der Waals surface area contributed by atoms with Gasteiger partial charge in [-0.05, 0) is 59.9 Å². The molecule has 0 bridgehead atoms. The summed E-state index contributed by atoms with van der Waals surface area (Å²) in [7, 11) is 0. The molecule has 1 aliphatic carbocycles. The predicted molar refractivity (Wildman–Crippen MR) is 77.4 cm³/mol.